The summed E-state index contributed by atoms with van der Waals surface area (Å²) in [6.07, 6.45) is 1.42. The lowest BCUT2D eigenvalue weighted by atomic mass is 9.92. The molecule has 0 bridgehead atoms. The Morgan fingerprint density at radius 2 is 1.64 bits per heavy atom. The van der Waals surface area contributed by atoms with Crippen molar-refractivity contribution < 1.29 is 28.6 Å². The van der Waals surface area contributed by atoms with Crippen molar-refractivity contribution in [2.24, 2.45) is 0 Å². The number of hydrogen-bond donors (Lipinski definition) is 0. The van der Waals surface area contributed by atoms with Crippen molar-refractivity contribution in [3.05, 3.63) is 0 Å². The molecule has 128 valence electrons. The maximum Gasteiger partial charge on any atom is 0.410 e. The molecule has 1 atom stereocenters. The first-order valence-electron chi connectivity index (χ1n) is 7.42. The number of hydrogen-bond acceptors (Lipinski definition) is 6. The Morgan fingerprint density at radius 1 is 1.05 bits per heavy atom. The third kappa shape index (κ3) is 6.32. The van der Waals surface area contributed by atoms with Crippen molar-refractivity contribution in [1.29, 1.82) is 0 Å². The Morgan fingerprint density at radius 3 is 2.09 bits per heavy atom. The topological polar surface area (TPSA) is 82.1 Å². The lowest BCUT2D eigenvalue weighted by Gasteiger charge is -2.38. The van der Waals surface area contributed by atoms with Gasteiger partial charge in [0.1, 0.15) is 6.54 Å². The molecule has 0 saturated heterocycles. The summed E-state index contributed by atoms with van der Waals surface area (Å²) in [7, 11) is 2.52. The van der Waals surface area contributed by atoms with Gasteiger partial charge >= 0.3 is 18.0 Å². The number of carbonyl (C=O) groups excluding carboxylic acids is 3. The van der Waals surface area contributed by atoms with E-state index in [1.165, 1.54) is 19.1 Å². The quantitative estimate of drug-likeness (QED) is 0.368. The molecule has 0 aromatic heterocycles. The van der Waals surface area contributed by atoms with E-state index in [1.807, 2.05) is 13.8 Å². The highest BCUT2D eigenvalue weighted by molar-refractivity contribution is 5.80. The van der Waals surface area contributed by atoms with Crippen LogP contribution in [0.2, 0.25) is 0 Å². The molecule has 0 aliphatic carbocycles. The van der Waals surface area contributed by atoms with Gasteiger partial charge in [0.05, 0.1) is 32.8 Å². The minimum atomic E-state index is -0.884. The van der Waals surface area contributed by atoms with Crippen molar-refractivity contribution in [2.75, 3.05) is 27.4 Å². The molecule has 0 aromatic carbocycles. The second kappa shape index (κ2) is 10.0. The number of methoxy groups -OCH3 is 2. The molecule has 7 nitrogen and oxygen atoms in total. The molecule has 0 aliphatic heterocycles. The van der Waals surface area contributed by atoms with Crippen LogP contribution in [0.4, 0.5) is 4.79 Å². The van der Waals surface area contributed by atoms with E-state index >= 15 is 0 Å². The van der Waals surface area contributed by atoms with Gasteiger partial charge in [0, 0.05) is 0 Å². The van der Waals surface area contributed by atoms with E-state index < -0.39 is 23.6 Å². The fourth-order valence-corrected chi connectivity index (χ4v) is 1.85. The predicted molar refractivity (Wildman–Crippen MR) is 80.3 cm³/mol. The van der Waals surface area contributed by atoms with Gasteiger partial charge in [0.2, 0.25) is 0 Å². The van der Waals surface area contributed by atoms with E-state index in [2.05, 4.69) is 9.47 Å². The highest BCUT2D eigenvalue weighted by atomic mass is 16.6. The van der Waals surface area contributed by atoms with Gasteiger partial charge in [-0.25, -0.2) is 4.79 Å². The monoisotopic (exact) mass is 317 g/mol. The molecule has 22 heavy (non-hydrogen) atoms. The Hall–Kier alpha value is -1.79. The lowest BCUT2D eigenvalue weighted by Crippen LogP contribution is -2.53. The number of carbonyl (C=O) groups is 3. The molecule has 0 rings (SSSR count). The molecule has 0 radical (unpaired) electrons. The summed E-state index contributed by atoms with van der Waals surface area (Å²) in [6, 6.07) is 0. The smallest absolute Gasteiger partial charge is 0.410 e. The number of rotatable bonds is 9. The summed E-state index contributed by atoms with van der Waals surface area (Å²) >= 11 is 0. The first-order chi connectivity index (χ1) is 10.3. The lowest BCUT2D eigenvalue weighted by molar-refractivity contribution is -0.148. The van der Waals surface area contributed by atoms with Gasteiger partial charge in [-0.3, -0.25) is 14.5 Å². The minimum absolute atomic E-state index is 0.0279. The summed E-state index contributed by atoms with van der Waals surface area (Å²) in [6.45, 7) is 5.52. The van der Waals surface area contributed by atoms with E-state index in [0.717, 1.165) is 12.8 Å². The first kappa shape index (κ1) is 20.2. The van der Waals surface area contributed by atoms with Crippen molar-refractivity contribution in [1.82, 2.24) is 4.90 Å². The fourth-order valence-electron chi connectivity index (χ4n) is 1.85. The van der Waals surface area contributed by atoms with Crippen LogP contribution >= 0.6 is 0 Å². The Labute approximate surface area is 131 Å². The normalized spacial score (nSPS) is 13.0. The van der Waals surface area contributed by atoms with Gasteiger partial charge in [-0.15, -0.1) is 0 Å². The van der Waals surface area contributed by atoms with Gasteiger partial charge in [0.15, 0.2) is 0 Å². The van der Waals surface area contributed by atoms with Gasteiger partial charge in [-0.1, -0.05) is 20.3 Å². The van der Waals surface area contributed by atoms with E-state index in [1.54, 1.807) is 6.92 Å². The minimum Gasteiger partial charge on any atom is -0.469 e. The number of nitrogens with zero attached hydrogens (tertiary/aromatic N) is 1. The van der Waals surface area contributed by atoms with Crippen LogP contribution in [0.3, 0.4) is 0 Å². The Bertz CT molecular complexity index is 384. The van der Waals surface area contributed by atoms with Crippen LogP contribution in [0, 0.1) is 0 Å². The van der Waals surface area contributed by atoms with Crippen LogP contribution in [0.25, 0.3) is 0 Å². The van der Waals surface area contributed by atoms with Crippen molar-refractivity contribution in [2.45, 2.75) is 52.0 Å². The number of esters is 2. The zero-order valence-corrected chi connectivity index (χ0v) is 14.1. The number of amides is 1. The first-order valence-corrected chi connectivity index (χ1v) is 7.42. The SMILES string of the molecule is CCCCOC(=O)N(CC(=O)OC)C(C)(CC)CC(=O)OC. The van der Waals surface area contributed by atoms with Crippen LogP contribution < -0.4 is 0 Å². The molecule has 0 spiro atoms. The van der Waals surface area contributed by atoms with Gasteiger partial charge in [-0.2, -0.15) is 0 Å². The van der Waals surface area contributed by atoms with E-state index in [-0.39, 0.29) is 19.6 Å². The fraction of sp³-hybridized carbons (Fsp3) is 0.800. The maximum atomic E-state index is 12.3. The summed E-state index contributed by atoms with van der Waals surface area (Å²) in [5.74, 6) is -1.03. The highest BCUT2D eigenvalue weighted by Crippen LogP contribution is 2.25. The summed E-state index contributed by atoms with van der Waals surface area (Å²) < 4.78 is 14.5. The van der Waals surface area contributed by atoms with Crippen molar-refractivity contribution >= 4 is 18.0 Å². The van der Waals surface area contributed by atoms with Crippen molar-refractivity contribution in [3.63, 3.8) is 0 Å². The molecule has 0 heterocycles. The summed E-state index contributed by atoms with van der Waals surface area (Å²) in [4.78, 5) is 36.7. The third-order valence-corrected chi connectivity index (χ3v) is 3.62. The molecular formula is C15H27NO6. The average molecular weight is 317 g/mol. The van der Waals surface area contributed by atoms with Crippen LogP contribution in [-0.4, -0.2) is 55.8 Å². The van der Waals surface area contributed by atoms with E-state index in [0.29, 0.717) is 6.42 Å². The van der Waals surface area contributed by atoms with Gasteiger partial charge in [0.25, 0.3) is 0 Å². The molecule has 0 aliphatic rings. The van der Waals surface area contributed by atoms with E-state index in [4.69, 9.17) is 4.74 Å². The summed E-state index contributed by atoms with van der Waals surface area (Å²) in [5.41, 5.74) is -0.884. The molecule has 0 N–H and O–H groups in total. The second-order valence-corrected chi connectivity index (χ2v) is 5.23. The molecule has 1 unspecified atom stereocenters. The Balaban J connectivity index is 5.19. The highest BCUT2D eigenvalue weighted by Gasteiger charge is 2.38. The van der Waals surface area contributed by atoms with E-state index in [9.17, 15) is 14.4 Å². The van der Waals surface area contributed by atoms with Crippen molar-refractivity contribution in [3.8, 4) is 0 Å². The zero-order chi connectivity index (χ0) is 17.2. The third-order valence-electron chi connectivity index (χ3n) is 3.62. The van der Waals surface area contributed by atoms with Crippen LogP contribution in [0.15, 0.2) is 0 Å². The Kier molecular flexibility index (Phi) is 9.21. The zero-order valence-electron chi connectivity index (χ0n) is 14.1. The van der Waals surface area contributed by atoms with Crippen LogP contribution in [0.5, 0.6) is 0 Å². The standard InChI is InChI=1S/C15H27NO6/c1-6-8-9-22-14(19)16(11-13(18)21-5)15(3,7-2)10-12(17)20-4/h6-11H2,1-5H3. The summed E-state index contributed by atoms with van der Waals surface area (Å²) in [5, 5.41) is 0. The second-order valence-electron chi connectivity index (χ2n) is 5.23. The van der Waals surface area contributed by atoms with Gasteiger partial charge < -0.3 is 14.2 Å². The van der Waals surface area contributed by atoms with Gasteiger partial charge in [-0.05, 0) is 19.8 Å². The molecule has 0 fully saturated rings. The molecular weight excluding hydrogens is 290 g/mol. The van der Waals surface area contributed by atoms with Crippen LogP contribution in [0.1, 0.15) is 46.5 Å². The molecule has 0 saturated carbocycles. The number of unbranched alkanes of at least 4 members (excludes halogenated alkanes) is 1. The molecule has 1 amide bonds. The molecule has 7 heteroatoms. The van der Waals surface area contributed by atoms with Crippen LogP contribution in [-0.2, 0) is 23.8 Å². The average Bonchev–Trinajstić information content (AvgIpc) is 2.51. The largest absolute Gasteiger partial charge is 0.469 e. The number of ether oxygens (including phenoxy) is 3. The predicted octanol–water partition coefficient (Wildman–Crippen LogP) is 2.13. The molecule has 0 aromatic rings. The maximum absolute atomic E-state index is 12.3.